The first-order chi connectivity index (χ1) is 12.3. The fourth-order valence-electron chi connectivity index (χ4n) is 4.27. The fourth-order valence-corrected chi connectivity index (χ4v) is 4.27. The van der Waals surface area contributed by atoms with E-state index < -0.39 is 0 Å². The Morgan fingerprint density at radius 1 is 1.28 bits per heavy atom. The second-order valence-electron chi connectivity index (χ2n) is 7.14. The number of nitrogens with zero attached hydrogens (tertiary/aromatic N) is 4. The molecule has 132 valence electrons. The van der Waals surface area contributed by atoms with Crippen molar-refractivity contribution in [2.24, 2.45) is 16.8 Å². The molecule has 1 aliphatic carbocycles. The number of hydrogen-bond acceptors (Lipinski definition) is 3. The Morgan fingerprint density at radius 3 is 2.76 bits per heavy atom. The van der Waals surface area contributed by atoms with Crippen molar-refractivity contribution in [3.8, 4) is 11.4 Å². The van der Waals surface area contributed by atoms with E-state index in [0.29, 0.717) is 0 Å². The lowest BCUT2D eigenvalue weighted by Crippen LogP contribution is -2.39. The Labute approximate surface area is 148 Å². The SMILES string of the molecule is CN=C(NCc1cccc(-c2ncn[nH]2)c1)N1CC2CCCCC2C1. The Kier molecular flexibility index (Phi) is 4.68. The van der Waals surface area contributed by atoms with Crippen LogP contribution in [0.25, 0.3) is 11.4 Å². The molecular formula is C19H26N6. The fraction of sp³-hybridized carbons (Fsp3) is 0.526. The van der Waals surface area contributed by atoms with Gasteiger partial charge in [-0.25, -0.2) is 4.98 Å². The molecule has 2 aliphatic rings. The molecule has 0 amide bonds. The largest absolute Gasteiger partial charge is 0.352 e. The van der Waals surface area contributed by atoms with E-state index in [2.05, 4.69) is 48.6 Å². The van der Waals surface area contributed by atoms with Crippen LogP contribution in [0.4, 0.5) is 0 Å². The summed E-state index contributed by atoms with van der Waals surface area (Å²) in [6, 6.07) is 8.38. The number of likely N-dealkylation sites (tertiary alicyclic amines) is 1. The smallest absolute Gasteiger partial charge is 0.193 e. The number of rotatable bonds is 3. The van der Waals surface area contributed by atoms with Crippen LogP contribution < -0.4 is 5.32 Å². The minimum absolute atomic E-state index is 0.764. The first kappa shape index (κ1) is 16.1. The Bertz CT molecular complexity index is 709. The summed E-state index contributed by atoms with van der Waals surface area (Å²) in [7, 11) is 1.88. The summed E-state index contributed by atoms with van der Waals surface area (Å²) in [6.07, 6.45) is 7.11. The first-order valence-electron chi connectivity index (χ1n) is 9.24. The summed E-state index contributed by atoms with van der Waals surface area (Å²) in [5, 5.41) is 10.4. The number of aliphatic imine (C=N–C) groups is 1. The number of guanidine groups is 1. The lowest BCUT2D eigenvalue weighted by atomic mass is 9.82. The number of H-pyrrole nitrogens is 1. The summed E-state index contributed by atoms with van der Waals surface area (Å²) in [5.41, 5.74) is 2.27. The molecule has 2 N–H and O–H groups in total. The van der Waals surface area contributed by atoms with Crippen molar-refractivity contribution in [2.45, 2.75) is 32.2 Å². The van der Waals surface area contributed by atoms with E-state index in [1.54, 1.807) is 0 Å². The minimum atomic E-state index is 0.764. The summed E-state index contributed by atoms with van der Waals surface area (Å²) >= 11 is 0. The van der Waals surface area contributed by atoms with Crippen LogP contribution in [0.2, 0.25) is 0 Å². The lowest BCUT2D eigenvalue weighted by molar-refractivity contribution is 0.299. The van der Waals surface area contributed by atoms with E-state index in [0.717, 1.165) is 48.8 Å². The standard InChI is InChI=1S/C19H26N6/c1-20-19(25-11-16-6-2-3-7-17(16)12-25)21-10-14-5-4-8-15(9-14)18-22-13-23-24-18/h4-5,8-9,13,16-17H,2-3,6-7,10-12H2,1H3,(H,20,21)(H,22,23,24). The molecule has 6 heteroatoms. The molecule has 2 unspecified atom stereocenters. The highest BCUT2D eigenvalue weighted by atomic mass is 15.3. The lowest BCUT2D eigenvalue weighted by Gasteiger charge is -2.22. The predicted octanol–water partition coefficient (Wildman–Crippen LogP) is 2.67. The van der Waals surface area contributed by atoms with Crippen LogP contribution in [0, 0.1) is 11.8 Å². The molecule has 1 aromatic heterocycles. The van der Waals surface area contributed by atoms with Crippen molar-refractivity contribution in [1.29, 1.82) is 0 Å². The third-order valence-electron chi connectivity index (χ3n) is 5.55. The minimum Gasteiger partial charge on any atom is -0.352 e. The Morgan fingerprint density at radius 2 is 2.08 bits per heavy atom. The highest BCUT2D eigenvalue weighted by Crippen LogP contribution is 2.35. The van der Waals surface area contributed by atoms with E-state index in [1.165, 1.54) is 37.6 Å². The van der Waals surface area contributed by atoms with Crippen LogP contribution in [-0.2, 0) is 6.54 Å². The van der Waals surface area contributed by atoms with E-state index >= 15 is 0 Å². The van der Waals surface area contributed by atoms with Crippen LogP contribution in [0.3, 0.4) is 0 Å². The number of benzene rings is 1. The number of aromatic nitrogens is 3. The van der Waals surface area contributed by atoms with E-state index in [9.17, 15) is 0 Å². The zero-order valence-corrected chi connectivity index (χ0v) is 14.8. The molecule has 6 nitrogen and oxygen atoms in total. The molecule has 0 spiro atoms. The zero-order valence-electron chi connectivity index (χ0n) is 14.8. The molecular weight excluding hydrogens is 312 g/mol. The quantitative estimate of drug-likeness (QED) is 0.667. The maximum Gasteiger partial charge on any atom is 0.193 e. The van der Waals surface area contributed by atoms with Crippen molar-refractivity contribution in [3.05, 3.63) is 36.2 Å². The van der Waals surface area contributed by atoms with Crippen molar-refractivity contribution < 1.29 is 0 Å². The molecule has 25 heavy (non-hydrogen) atoms. The molecule has 4 rings (SSSR count). The van der Waals surface area contributed by atoms with Crippen LogP contribution in [-0.4, -0.2) is 46.2 Å². The van der Waals surface area contributed by atoms with Crippen LogP contribution in [0.15, 0.2) is 35.6 Å². The van der Waals surface area contributed by atoms with Crippen molar-refractivity contribution in [2.75, 3.05) is 20.1 Å². The van der Waals surface area contributed by atoms with Gasteiger partial charge in [-0.05, 0) is 36.3 Å². The predicted molar refractivity (Wildman–Crippen MR) is 99.0 cm³/mol. The van der Waals surface area contributed by atoms with Crippen molar-refractivity contribution in [3.63, 3.8) is 0 Å². The average Bonchev–Trinajstić information content (AvgIpc) is 3.32. The van der Waals surface area contributed by atoms with Crippen molar-refractivity contribution in [1.82, 2.24) is 25.4 Å². The maximum absolute atomic E-state index is 4.52. The second kappa shape index (κ2) is 7.25. The first-order valence-corrected chi connectivity index (χ1v) is 9.24. The molecule has 2 aromatic rings. The topological polar surface area (TPSA) is 69.2 Å². The number of nitrogens with one attached hydrogen (secondary N) is 2. The molecule has 0 radical (unpaired) electrons. The molecule has 0 bridgehead atoms. The summed E-state index contributed by atoms with van der Waals surface area (Å²) < 4.78 is 0. The Hall–Kier alpha value is -2.37. The second-order valence-corrected chi connectivity index (χ2v) is 7.14. The highest BCUT2D eigenvalue weighted by Gasteiger charge is 2.35. The number of aromatic amines is 1. The molecule has 2 heterocycles. The average molecular weight is 338 g/mol. The van der Waals surface area contributed by atoms with Gasteiger partial charge in [0.2, 0.25) is 0 Å². The molecule has 2 atom stereocenters. The van der Waals surface area contributed by atoms with Gasteiger partial charge in [0, 0.05) is 32.2 Å². The molecule has 1 aromatic carbocycles. The van der Waals surface area contributed by atoms with Gasteiger partial charge in [0.25, 0.3) is 0 Å². The van der Waals surface area contributed by atoms with Crippen LogP contribution in [0.1, 0.15) is 31.2 Å². The van der Waals surface area contributed by atoms with E-state index in [1.807, 2.05) is 13.1 Å². The van der Waals surface area contributed by atoms with Gasteiger partial charge in [0.15, 0.2) is 11.8 Å². The van der Waals surface area contributed by atoms with Gasteiger partial charge in [-0.15, -0.1) is 0 Å². The van der Waals surface area contributed by atoms with E-state index in [-0.39, 0.29) is 0 Å². The summed E-state index contributed by atoms with van der Waals surface area (Å²) in [4.78, 5) is 11.2. The maximum atomic E-state index is 4.52. The summed E-state index contributed by atoms with van der Waals surface area (Å²) in [6.45, 7) is 3.07. The van der Waals surface area contributed by atoms with E-state index in [4.69, 9.17) is 0 Å². The number of hydrogen-bond donors (Lipinski definition) is 2. The van der Waals surface area contributed by atoms with Crippen LogP contribution in [0.5, 0.6) is 0 Å². The third kappa shape index (κ3) is 3.52. The van der Waals surface area contributed by atoms with Gasteiger partial charge < -0.3 is 10.2 Å². The van der Waals surface area contributed by atoms with Gasteiger partial charge >= 0.3 is 0 Å². The molecule has 1 saturated heterocycles. The molecule has 1 saturated carbocycles. The normalized spacial score (nSPS) is 23.6. The monoisotopic (exact) mass is 338 g/mol. The summed E-state index contributed by atoms with van der Waals surface area (Å²) in [5.74, 6) is 3.55. The molecule has 1 aliphatic heterocycles. The van der Waals surface area contributed by atoms with Gasteiger partial charge in [0.05, 0.1) is 0 Å². The number of fused-ring (bicyclic) bond motifs is 1. The molecule has 2 fully saturated rings. The van der Waals surface area contributed by atoms with Gasteiger partial charge in [-0.3, -0.25) is 10.1 Å². The van der Waals surface area contributed by atoms with Gasteiger partial charge in [-0.1, -0.05) is 31.0 Å². The van der Waals surface area contributed by atoms with Crippen LogP contribution >= 0.6 is 0 Å². The van der Waals surface area contributed by atoms with Gasteiger partial charge in [-0.2, -0.15) is 5.10 Å². The highest BCUT2D eigenvalue weighted by molar-refractivity contribution is 5.80. The Balaban J connectivity index is 1.39. The zero-order chi connectivity index (χ0) is 17.1. The van der Waals surface area contributed by atoms with Crippen molar-refractivity contribution >= 4 is 5.96 Å². The van der Waals surface area contributed by atoms with Gasteiger partial charge in [0.1, 0.15) is 6.33 Å². The third-order valence-corrected chi connectivity index (χ3v) is 5.55.